The Bertz CT molecular complexity index is 761. The summed E-state index contributed by atoms with van der Waals surface area (Å²) < 4.78 is 1.41. The highest BCUT2D eigenvalue weighted by Crippen LogP contribution is 2.15. The number of hydrogen-bond acceptors (Lipinski definition) is 5. The predicted octanol–water partition coefficient (Wildman–Crippen LogP) is 0.827. The SMILES string of the molecule is CCCc1cc2n[nH]c(=O)n2c(-c2cnccn2)n1. The molecule has 0 bridgehead atoms. The first kappa shape index (κ1) is 11.5. The summed E-state index contributed by atoms with van der Waals surface area (Å²) in [5.41, 5.74) is 1.65. The Hall–Kier alpha value is -2.57. The zero-order chi connectivity index (χ0) is 13.2. The zero-order valence-electron chi connectivity index (χ0n) is 10.4. The van der Waals surface area contributed by atoms with E-state index in [1.165, 1.54) is 4.40 Å². The molecule has 0 aliphatic carbocycles. The van der Waals surface area contributed by atoms with Crippen molar-refractivity contribution in [1.29, 1.82) is 0 Å². The van der Waals surface area contributed by atoms with Gasteiger partial charge in [-0.2, -0.15) is 5.10 Å². The lowest BCUT2D eigenvalue weighted by Gasteiger charge is -2.05. The molecular formula is C12H12N6O. The lowest BCUT2D eigenvalue weighted by molar-refractivity contribution is 0.866. The molecule has 0 aromatic carbocycles. The lowest BCUT2D eigenvalue weighted by Crippen LogP contribution is -2.14. The number of nitrogens with zero attached hydrogens (tertiary/aromatic N) is 5. The Kier molecular flexibility index (Phi) is 2.79. The minimum absolute atomic E-state index is 0.328. The predicted molar refractivity (Wildman–Crippen MR) is 68.6 cm³/mol. The largest absolute Gasteiger partial charge is 0.349 e. The van der Waals surface area contributed by atoms with Crippen molar-refractivity contribution >= 4 is 5.65 Å². The van der Waals surface area contributed by atoms with Crippen molar-refractivity contribution in [3.05, 3.63) is 40.8 Å². The van der Waals surface area contributed by atoms with Crippen LogP contribution >= 0.6 is 0 Å². The molecule has 96 valence electrons. The molecule has 0 spiro atoms. The van der Waals surface area contributed by atoms with Gasteiger partial charge >= 0.3 is 5.69 Å². The van der Waals surface area contributed by atoms with Gasteiger partial charge in [0.2, 0.25) is 0 Å². The maximum atomic E-state index is 11.8. The normalized spacial score (nSPS) is 11.0. The van der Waals surface area contributed by atoms with Crippen molar-refractivity contribution in [3.8, 4) is 11.5 Å². The summed E-state index contributed by atoms with van der Waals surface area (Å²) in [6, 6.07) is 1.81. The molecule has 7 heteroatoms. The molecule has 0 aliphatic heterocycles. The lowest BCUT2D eigenvalue weighted by atomic mass is 10.2. The molecule has 0 radical (unpaired) electrons. The van der Waals surface area contributed by atoms with Gasteiger partial charge in [-0.15, -0.1) is 0 Å². The van der Waals surface area contributed by atoms with Crippen LogP contribution in [0, 0.1) is 0 Å². The molecule has 3 aromatic rings. The van der Waals surface area contributed by atoms with E-state index >= 15 is 0 Å². The smallest absolute Gasteiger partial charge is 0.261 e. The highest BCUT2D eigenvalue weighted by molar-refractivity contribution is 5.54. The van der Waals surface area contributed by atoms with Gasteiger partial charge in [0, 0.05) is 24.2 Å². The van der Waals surface area contributed by atoms with Gasteiger partial charge in [-0.25, -0.2) is 24.3 Å². The molecule has 0 saturated heterocycles. The number of fused-ring (bicyclic) bond motifs is 1. The molecule has 0 amide bonds. The van der Waals surface area contributed by atoms with Crippen LogP contribution in [0.1, 0.15) is 19.0 Å². The second-order valence-electron chi connectivity index (χ2n) is 4.13. The average Bonchev–Trinajstić information content (AvgIpc) is 2.81. The van der Waals surface area contributed by atoms with E-state index in [4.69, 9.17) is 0 Å². The summed E-state index contributed by atoms with van der Waals surface area (Å²) >= 11 is 0. The zero-order valence-corrected chi connectivity index (χ0v) is 10.4. The monoisotopic (exact) mass is 256 g/mol. The molecule has 0 saturated carbocycles. The number of nitrogens with one attached hydrogen (secondary N) is 1. The van der Waals surface area contributed by atoms with E-state index in [9.17, 15) is 4.79 Å². The van der Waals surface area contributed by atoms with Crippen LogP contribution in [0.25, 0.3) is 17.2 Å². The maximum absolute atomic E-state index is 11.8. The fourth-order valence-corrected chi connectivity index (χ4v) is 1.95. The Labute approximate surface area is 108 Å². The first-order valence-corrected chi connectivity index (χ1v) is 6.03. The van der Waals surface area contributed by atoms with Gasteiger partial charge in [-0.1, -0.05) is 13.3 Å². The van der Waals surface area contributed by atoms with E-state index in [1.807, 2.05) is 0 Å². The summed E-state index contributed by atoms with van der Waals surface area (Å²) in [6.45, 7) is 2.07. The molecule has 0 unspecified atom stereocenters. The molecule has 19 heavy (non-hydrogen) atoms. The molecule has 7 nitrogen and oxygen atoms in total. The summed E-state index contributed by atoms with van der Waals surface area (Å²) in [4.78, 5) is 24.5. The fraction of sp³-hybridized carbons (Fsp3) is 0.250. The number of rotatable bonds is 3. The quantitative estimate of drug-likeness (QED) is 0.749. The number of aromatic nitrogens is 6. The third-order valence-corrected chi connectivity index (χ3v) is 2.75. The third-order valence-electron chi connectivity index (χ3n) is 2.75. The summed E-state index contributed by atoms with van der Waals surface area (Å²) in [5.74, 6) is 0.466. The minimum Gasteiger partial charge on any atom is -0.261 e. The first-order valence-electron chi connectivity index (χ1n) is 6.03. The van der Waals surface area contributed by atoms with Gasteiger partial charge in [0.25, 0.3) is 0 Å². The first-order chi connectivity index (χ1) is 9.29. The Morgan fingerprint density at radius 1 is 1.37 bits per heavy atom. The van der Waals surface area contributed by atoms with E-state index in [2.05, 4.69) is 32.1 Å². The maximum Gasteiger partial charge on any atom is 0.349 e. The standard InChI is InChI=1S/C12H12N6O/c1-2-3-8-6-10-16-17-12(19)18(10)11(15-8)9-7-13-4-5-14-9/h4-7H,2-3H2,1H3,(H,17,19). The number of hydrogen-bond donors (Lipinski definition) is 1. The molecule has 3 rings (SSSR count). The van der Waals surface area contributed by atoms with E-state index in [0.29, 0.717) is 17.2 Å². The molecule has 0 fully saturated rings. The van der Waals surface area contributed by atoms with Crippen LogP contribution < -0.4 is 5.69 Å². The third kappa shape index (κ3) is 1.99. The van der Waals surface area contributed by atoms with Gasteiger partial charge in [0.1, 0.15) is 5.69 Å². The number of aryl methyl sites for hydroxylation is 1. The van der Waals surface area contributed by atoms with E-state index in [1.54, 1.807) is 24.7 Å². The van der Waals surface area contributed by atoms with Crippen LogP contribution in [0.3, 0.4) is 0 Å². The Morgan fingerprint density at radius 2 is 2.26 bits per heavy atom. The van der Waals surface area contributed by atoms with Gasteiger partial charge in [0.15, 0.2) is 11.5 Å². The van der Waals surface area contributed by atoms with Gasteiger partial charge in [-0.05, 0) is 6.42 Å². The molecule has 3 aromatic heterocycles. The molecular weight excluding hydrogens is 244 g/mol. The molecule has 0 atom stereocenters. The summed E-state index contributed by atoms with van der Waals surface area (Å²) in [6.07, 6.45) is 6.52. The number of H-pyrrole nitrogens is 1. The van der Waals surface area contributed by atoms with Crippen LogP contribution in [-0.4, -0.2) is 29.5 Å². The van der Waals surface area contributed by atoms with Gasteiger partial charge in [-0.3, -0.25) is 4.98 Å². The fourth-order valence-electron chi connectivity index (χ4n) is 1.95. The Morgan fingerprint density at radius 3 is 3.00 bits per heavy atom. The van der Waals surface area contributed by atoms with Crippen molar-refractivity contribution in [2.45, 2.75) is 19.8 Å². The van der Waals surface area contributed by atoms with Crippen molar-refractivity contribution in [1.82, 2.24) is 29.5 Å². The van der Waals surface area contributed by atoms with E-state index in [-0.39, 0.29) is 5.69 Å². The summed E-state index contributed by atoms with van der Waals surface area (Å²) in [7, 11) is 0. The van der Waals surface area contributed by atoms with Crippen LogP contribution in [0.15, 0.2) is 29.5 Å². The van der Waals surface area contributed by atoms with Crippen LogP contribution in [0.2, 0.25) is 0 Å². The number of aromatic amines is 1. The van der Waals surface area contributed by atoms with Crippen molar-refractivity contribution in [2.24, 2.45) is 0 Å². The van der Waals surface area contributed by atoms with Crippen LogP contribution in [0.4, 0.5) is 0 Å². The summed E-state index contributed by atoms with van der Waals surface area (Å²) in [5, 5.41) is 6.41. The second-order valence-corrected chi connectivity index (χ2v) is 4.13. The van der Waals surface area contributed by atoms with Crippen molar-refractivity contribution < 1.29 is 0 Å². The van der Waals surface area contributed by atoms with E-state index < -0.39 is 0 Å². The van der Waals surface area contributed by atoms with Crippen LogP contribution in [-0.2, 0) is 6.42 Å². The minimum atomic E-state index is -0.328. The molecule has 1 N–H and O–H groups in total. The highest BCUT2D eigenvalue weighted by Gasteiger charge is 2.12. The van der Waals surface area contributed by atoms with Gasteiger partial charge < -0.3 is 0 Å². The Balaban J connectivity index is 2.31. The van der Waals surface area contributed by atoms with Crippen molar-refractivity contribution in [2.75, 3.05) is 0 Å². The van der Waals surface area contributed by atoms with E-state index in [0.717, 1.165) is 18.5 Å². The van der Waals surface area contributed by atoms with Gasteiger partial charge in [0.05, 0.1) is 6.20 Å². The highest BCUT2D eigenvalue weighted by atomic mass is 16.1. The van der Waals surface area contributed by atoms with Crippen LogP contribution in [0.5, 0.6) is 0 Å². The second kappa shape index (κ2) is 4.60. The topological polar surface area (TPSA) is 88.8 Å². The molecule has 0 aliphatic rings. The molecule has 3 heterocycles. The average molecular weight is 256 g/mol. The van der Waals surface area contributed by atoms with Crippen molar-refractivity contribution in [3.63, 3.8) is 0 Å².